The van der Waals surface area contributed by atoms with Crippen LogP contribution in [0.5, 0.6) is 0 Å². The molecule has 150 valence electrons. The summed E-state index contributed by atoms with van der Waals surface area (Å²) in [6.45, 7) is 0.475. The molecule has 2 aromatic carbocycles. The third kappa shape index (κ3) is 4.91. The Hall–Kier alpha value is -2.10. The van der Waals surface area contributed by atoms with Gasteiger partial charge in [-0.15, -0.1) is 0 Å². The van der Waals surface area contributed by atoms with Crippen LogP contribution >= 0.6 is 34.2 Å². The van der Waals surface area contributed by atoms with E-state index in [2.05, 4.69) is 33.4 Å². The highest BCUT2D eigenvalue weighted by atomic mass is 127. The van der Waals surface area contributed by atoms with E-state index in [4.69, 9.17) is 16.4 Å². The number of halogens is 3. The molecule has 0 atom stereocenters. The Morgan fingerprint density at radius 3 is 2.66 bits per heavy atom. The van der Waals surface area contributed by atoms with E-state index in [1.807, 2.05) is 6.07 Å². The smallest absolute Gasteiger partial charge is 0.277 e. The predicted octanol–water partition coefficient (Wildman–Crippen LogP) is 5.69. The van der Waals surface area contributed by atoms with Crippen molar-refractivity contribution in [2.75, 3.05) is 11.9 Å². The van der Waals surface area contributed by atoms with Crippen molar-refractivity contribution >= 4 is 51.5 Å². The fourth-order valence-electron chi connectivity index (χ4n) is 2.85. The summed E-state index contributed by atoms with van der Waals surface area (Å²) in [7, 11) is 0. The monoisotopic (exact) mass is 525 g/mol. The van der Waals surface area contributed by atoms with Crippen LogP contribution in [-0.2, 0) is 4.84 Å². The molecule has 0 bridgehead atoms. The molecule has 29 heavy (non-hydrogen) atoms. The fraction of sp³-hybridized carbons (Fsp3) is 0.190. The van der Waals surface area contributed by atoms with E-state index in [0.717, 1.165) is 16.4 Å². The Balaban J connectivity index is 1.67. The molecule has 1 saturated carbocycles. The van der Waals surface area contributed by atoms with Crippen LogP contribution in [0, 0.1) is 15.3 Å². The first-order valence-electron chi connectivity index (χ1n) is 9.12. The molecule has 2 N–H and O–H groups in total. The van der Waals surface area contributed by atoms with Gasteiger partial charge < -0.3 is 9.88 Å². The summed E-state index contributed by atoms with van der Waals surface area (Å²) in [5, 5.41) is 3.55. The van der Waals surface area contributed by atoms with E-state index in [1.165, 1.54) is 12.1 Å². The summed E-state index contributed by atoms with van der Waals surface area (Å²) in [6.07, 6.45) is 5.66. The number of rotatable bonds is 7. The van der Waals surface area contributed by atoms with Gasteiger partial charge in [0.25, 0.3) is 5.91 Å². The summed E-state index contributed by atoms with van der Waals surface area (Å²) >= 11 is 8.45. The van der Waals surface area contributed by atoms with Crippen LogP contribution in [0.15, 0.2) is 54.9 Å². The molecule has 1 amide bonds. The van der Waals surface area contributed by atoms with Gasteiger partial charge in [-0.05, 0) is 77.7 Å². The summed E-state index contributed by atoms with van der Waals surface area (Å²) in [6, 6.07) is 11.8. The lowest BCUT2D eigenvalue weighted by molar-refractivity contribution is 0.0271. The number of nitrogens with one attached hydrogen (secondary N) is 2. The Morgan fingerprint density at radius 1 is 1.21 bits per heavy atom. The van der Waals surface area contributed by atoms with Crippen molar-refractivity contribution in [1.29, 1.82) is 0 Å². The van der Waals surface area contributed by atoms with Crippen LogP contribution in [0.2, 0.25) is 5.02 Å². The van der Waals surface area contributed by atoms with Crippen LogP contribution in [0.4, 0.5) is 15.8 Å². The molecule has 0 aliphatic heterocycles. The van der Waals surface area contributed by atoms with E-state index >= 15 is 0 Å². The summed E-state index contributed by atoms with van der Waals surface area (Å²) in [5.41, 5.74) is 3.86. The maximum absolute atomic E-state index is 14.8. The molecule has 5 nitrogen and oxygen atoms in total. The number of nitrogens with zero attached hydrogens (tertiary/aromatic N) is 1. The van der Waals surface area contributed by atoms with E-state index < -0.39 is 11.7 Å². The number of benzene rings is 2. The normalized spacial score (nSPS) is 13.3. The van der Waals surface area contributed by atoms with E-state index in [0.29, 0.717) is 28.9 Å². The van der Waals surface area contributed by atoms with Crippen LogP contribution in [0.25, 0.3) is 5.69 Å². The first kappa shape index (κ1) is 20.2. The van der Waals surface area contributed by atoms with Crippen LogP contribution in [0.3, 0.4) is 0 Å². The minimum absolute atomic E-state index is 0.250. The first-order chi connectivity index (χ1) is 14.0. The van der Waals surface area contributed by atoms with E-state index in [-0.39, 0.29) is 11.3 Å². The number of hydrogen-bond acceptors (Lipinski definition) is 3. The van der Waals surface area contributed by atoms with Crippen molar-refractivity contribution in [2.45, 2.75) is 12.8 Å². The number of aromatic nitrogens is 1. The average Bonchev–Trinajstić information content (AvgIpc) is 3.35. The molecule has 1 aliphatic carbocycles. The molecule has 0 spiro atoms. The largest absolute Gasteiger partial charge is 0.354 e. The molecule has 8 heteroatoms. The SMILES string of the molecule is O=C(NOCC1CC1)c1cc(-n2cccc2)c(F)cc1Nc1ccc(I)cc1Cl. The summed E-state index contributed by atoms with van der Waals surface area (Å²) in [4.78, 5) is 18.1. The molecule has 3 aromatic rings. The number of carbonyl (C=O) groups is 1. The minimum atomic E-state index is -0.471. The summed E-state index contributed by atoms with van der Waals surface area (Å²) in [5.74, 6) is -0.425. The maximum atomic E-state index is 14.8. The number of anilines is 2. The van der Waals surface area contributed by atoms with Gasteiger partial charge in [-0.1, -0.05) is 11.6 Å². The second kappa shape index (κ2) is 8.73. The van der Waals surface area contributed by atoms with Crippen molar-refractivity contribution in [3.8, 4) is 5.69 Å². The topological polar surface area (TPSA) is 55.3 Å². The van der Waals surface area contributed by atoms with Gasteiger partial charge in [0.1, 0.15) is 5.82 Å². The first-order valence-corrected chi connectivity index (χ1v) is 10.6. The van der Waals surface area contributed by atoms with Gasteiger partial charge in [0.2, 0.25) is 0 Å². The van der Waals surface area contributed by atoms with Crippen LogP contribution < -0.4 is 10.8 Å². The predicted molar refractivity (Wildman–Crippen MR) is 119 cm³/mol. The maximum Gasteiger partial charge on any atom is 0.277 e. The Bertz CT molecular complexity index is 1040. The third-order valence-electron chi connectivity index (χ3n) is 4.60. The van der Waals surface area contributed by atoms with Crippen LogP contribution in [0.1, 0.15) is 23.2 Å². The quantitative estimate of drug-likeness (QED) is 0.308. The standard InChI is InChI=1S/C21H18ClFIN3O2/c22-16-9-14(24)5-6-18(16)25-19-11-17(23)20(27-7-1-2-8-27)10-15(19)21(28)26-29-12-13-3-4-13/h1-2,5-11,13,25H,3-4,12H2,(H,26,28). The van der Waals surface area contributed by atoms with Crippen molar-refractivity contribution in [3.63, 3.8) is 0 Å². The minimum Gasteiger partial charge on any atom is -0.354 e. The van der Waals surface area contributed by atoms with Crippen molar-refractivity contribution in [3.05, 3.63) is 74.8 Å². The van der Waals surface area contributed by atoms with Crippen molar-refractivity contribution < 1.29 is 14.0 Å². The third-order valence-corrected chi connectivity index (χ3v) is 5.58. The number of hydrogen-bond donors (Lipinski definition) is 2. The van der Waals surface area contributed by atoms with Crippen molar-refractivity contribution in [2.24, 2.45) is 5.92 Å². The van der Waals surface area contributed by atoms with Crippen molar-refractivity contribution in [1.82, 2.24) is 10.0 Å². The highest BCUT2D eigenvalue weighted by Gasteiger charge is 2.23. The van der Waals surface area contributed by atoms with Gasteiger partial charge in [-0.2, -0.15) is 0 Å². The number of carbonyl (C=O) groups excluding carboxylic acids is 1. The Morgan fingerprint density at radius 2 is 1.97 bits per heavy atom. The van der Waals surface area contributed by atoms with Gasteiger partial charge in [-0.3, -0.25) is 9.63 Å². The number of amides is 1. The zero-order valence-corrected chi connectivity index (χ0v) is 18.2. The summed E-state index contributed by atoms with van der Waals surface area (Å²) < 4.78 is 17.4. The molecule has 1 aliphatic rings. The van der Waals surface area contributed by atoms with Gasteiger partial charge in [0.05, 0.1) is 34.3 Å². The average molecular weight is 526 g/mol. The van der Waals surface area contributed by atoms with Gasteiger partial charge in [0, 0.05) is 22.0 Å². The zero-order valence-electron chi connectivity index (χ0n) is 15.3. The Kier molecular flexibility index (Phi) is 6.07. The highest BCUT2D eigenvalue weighted by molar-refractivity contribution is 14.1. The van der Waals surface area contributed by atoms with Gasteiger partial charge in [0.15, 0.2) is 0 Å². The second-order valence-corrected chi connectivity index (χ2v) is 8.53. The van der Waals surface area contributed by atoms with E-state index in [1.54, 1.807) is 41.2 Å². The zero-order chi connectivity index (χ0) is 20.4. The van der Waals surface area contributed by atoms with Gasteiger partial charge in [-0.25, -0.2) is 9.87 Å². The molecule has 0 unspecified atom stereocenters. The van der Waals surface area contributed by atoms with E-state index in [9.17, 15) is 9.18 Å². The molecule has 4 rings (SSSR count). The lowest BCUT2D eigenvalue weighted by Gasteiger charge is -2.16. The highest BCUT2D eigenvalue weighted by Crippen LogP contribution is 2.31. The molecule has 1 heterocycles. The molecule has 0 radical (unpaired) electrons. The van der Waals surface area contributed by atoms with Gasteiger partial charge >= 0.3 is 0 Å². The molecule has 0 saturated heterocycles. The molecular weight excluding hydrogens is 508 g/mol. The second-order valence-electron chi connectivity index (χ2n) is 6.87. The molecular formula is C21H18ClFIN3O2. The lowest BCUT2D eigenvalue weighted by Crippen LogP contribution is -2.26. The fourth-order valence-corrected chi connectivity index (χ4v) is 3.75. The Labute approximate surface area is 186 Å². The number of hydroxylamine groups is 1. The molecule has 1 fully saturated rings. The molecule has 1 aromatic heterocycles. The van der Waals surface area contributed by atoms with Crippen LogP contribution in [-0.4, -0.2) is 17.1 Å². The lowest BCUT2D eigenvalue weighted by atomic mass is 10.1.